The van der Waals surface area contributed by atoms with Crippen LogP contribution in [-0.2, 0) is 10.0 Å². The number of nitrogens with one attached hydrogen (secondary N) is 1. The van der Waals surface area contributed by atoms with Gasteiger partial charge in [-0.2, -0.15) is 0 Å². The van der Waals surface area contributed by atoms with E-state index in [4.69, 9.17) is 5.14 Å². The number of hydrogen-bond donors (Lipinski definition) is 2. The molecule has 1 aromatic rings. The van der Waals surface area contributed by atoms with E-state index in [1.807, 2.05) is 0 Å². The summed E-state index contributed by atoms with van der Waals surface area (Å²) in [7, 11) is -3.76. The van der Waals surface area contributed by atoms with Crippen molar-refractivity contribution in [1.82, 2.24) is 5.32 Å². The van der Waals surface area contributed by atoms with E-state index in [9.17, 15) is 13.2 Å². The van der Waals surface area contributed by atoms with Gasteiger partial charge in [-0.25, -0.2) is 13.6 Å². The number of sulfonamides is 1. The van der Waals surface area contributed by atoms with Crippen LogP contribution in [0.4, 0.5) is 0 Å². The second-order valence-corrected chi connectivity index (χ2v) is 8.65. The zero-order valence-electron chi connectivity index (χ0n) is 12.4. The summed E-state index contributed by atoms with van der Waals surface area (Å²) in [5, 5.41) is 8.16. The molecule has 2 rings (SSSR count). The summed E-state index contributed by atoms with van der Waals surface area (Å²) < 4.78 is 22.8. The largest absolute Gasteiger partial charge is 0.349 e. The number of thiophene rings is 1. The maximum Gasteiger partial charge on any atom is 0.261 e. The quantitative estimate of drug-likeness (QED) is 0.834. The molecule has 0 radical (unpaired) electrons. The molecule has 7 heteroatoms. The molecular formula is C14H22N2O3S2. The fraction of sp³-hybridized carbons (Fsp3) is 0.643. The van der Waals surface area contributed by atoms with E-state index in [1.165, 1.54) is 23.8 Å². The van der Waals surface area contributed by atoms with Crippen molar-refractivity contribution in [2.45, 2.75) is 56.9 Å². The highest BCUT2D eigenvalue weighted by atomic mass is 32.2. The van der Waals surface area contributed by atoms with Crippen molar-refractivity contribution < 1.29 is 13.2 Å². The van der Waals surface area contributed by atoms with Crippen LogP contribution in [0.5, 0.6) is 0 Å². The highest BCUT2D eigenvalue weighted by Gasteiger charge is 2.22. The van der Waals surface area contributed by atoms with Gasteiger partial charge < -0.3 is 5.32 Å². The molecule has 0 bridgehead atoms. The van der Waals surface area contributed by atoms with Crippen LogP contribution in [0.3, 0.4) is 0 Å². The first-order chi connectivity index (χ1) is 9.77. The van der Waals surface area contributed by atoms with Gasteiger partial charge in [0.25, 0.3) is 5.91 Å². The number of aryl methyl sites for hydroxylation is 1. The van der Waals surface area contributed by atoms with E-state index >= 15 is 0 Å². The second kappa shape index (κ2) is 6.46. The summed E-state index contributed by atoms with van der Waals surface area (Å²) in [6.07, 6.45) is 5.43. The van der Waals surface area contributed by atoms with Crippen LogP contribution < -0.4 is 10.5 Å². The lowest BCUT2D eigenvalue weighted by Gasteiger charge is -2.15. The Morgan fingerprint density at radius 3 is 2.67 bits per heavy atom. The van der Waals surface area contributed by atoms with Gasteiger partial charge in [-0.05, 0) is 38.2 Å². The maximum absolute atomic E-state index is 12.3. The summed E-state index contributed by atoms with van der Waals surface area (Å²) in [5.41, 5.74) is 0. The number of amides is 1. The maximum atomic E-state index is 12.3. The molecule has 0 saturated heterocycles. The molecule has 0 aromatic carbocycles. The van der Waals surface area contributed by atoms with Gasteiger partial charge in [0.2, 0.25) is 10.0 Å². The monoisotopic (exact) mass is 330 g/mol. The fourth-order valence-corrected chi connectivity index (χ4v) is 4.80. The van der Waals surface area contributed by atoms with Crippen LogP contribution in [0.2, 0.25) is 0 Å². The van der Waals surface area contributed by atoms with Crippen LogP contribution in [-0.4, -0.2) is 20.4 Å². The van der Waals surface area contributed by atoms with Crippen LogP contribution in [0.15, 0.2) is 11.0 Å². The molecule has 1 fully saturated rings. The first kappa shape index (κ1) is 16.5. The standard InChI is InChI=1S/C14H22N2O3S2/c1-9-4-3-5-11(7-6-9)16-14(17)12-8-13(10(2)20-12)21(15,18)19/h8-9,11H,3-7H2,1-2H3,(H,16,17)(H2,15,18,19). The van der Waals surface area contributed by atoms with Crippen molar-refractivity contribution in [1.29, 1.82) is 0 Å². The third-order valence-corrected chi connectivity index (χ3v) is 6.21. The van der Waals surface area contributed by atoms with Crippen molar-refractivity contribution in [3.8, 4) is 0 Å². The van der Waals surface area contributed by atoms with Crippen molar-refractivity contribution in [2.75, 3.05) is 0 Å². The van der Waals surface area contributed by atoms with E-state index in [0.717, 1.165) is 25.7 Å². The Morgan fingerprint density at radius 2 is 2.05 bits per heavy atom. The van der Waals surface area contributed by atoms with Gasteiger partial charge >= 0.3 is 0 Å². The van der Waals surface area contributed by atoms with Gasteiger partial charge in [0.15, 0.2) is 0 Å². The third kappa shape index (κ3) is 4.28. The van der Waals surface area contributed by atoms with Crippen LogP contribution in [0.1, 0.15) is 53.6 Å². The summed E-state index contributed by atoms with van der Waals surface area (Å²) in [4.78, 5) is 13.3. The second-order valence-electron chi connectivity index (χ2n) is 5.86. The number of carbonyl (C=O) groups is 1. The summed E-state index contributed by atoms with van der Waals surface area (Å²) in [6.45, 7) is 3.90. The average molecular weight is 330 g/mol. The van der Waals surface area contributed by atoms with Gasteiger partial charge in [-0.1, -0.05) is 19.8 Å². The lowest BCUT2D eigenvalue weighted by Crippen LogP contribution is -2.34. The number of carbonyl (C=O) groups excluding carboxylic acids is 1. The lowest BCUT2D eigenvalue weighted by atomic mass is 10.0. The summed E-state index contributed by atoms with van der Waals surface area (Å²) >= 11 is 1.17. The van der Waals surface area contributed by atoms with Crippen molar-refractivity contribution >= 4 is 27.3 Å². The minimum atomic E-state index is -3.76. The van der Waals surface area contributed by atoms with Crippen molar-refractivity contribution in [2.24, 2.45) is 11.1 Å². The number of rotatable bonds is 3. The minimum absolute atomic E-state index is 0.0483. The normalized spacial score (nSPS) is 23.6. The topological polar surface area (TPSA) is 89.3 Å². The van der Waals surface area contributed by atoms with Crippen LogP contribution in [0.25, 0.3) is 0 Å². The number of primary sulfonamides is 1. The molecule has 21 heavy (non-hydrogen) atoms. The molecule has 0 aliphatic heterocycles. The average Bonchev–Trinajstić information content (AvgIpc) is 2.66. The molecule has 1 aliphatic carbocycles. The van der Waals surface area contributed by atoms with Gasteiger partial charge in [-0.3, -0.25) is 4.79 Å². The van der Waals surface area contributed by atoms with Crippen LogP contribution in [0, 0.1) is 12.8 Å². The molecule has 2 unspecified atom stereocenters. The molecule has 5 nitrogen and oxygen atoms in total. The Morgan fingerprint density at radius 1 is 1.33 bits per heavy atom. The van der Waals surface area contributed by atoms with Gasteiger partial charge in [0.1, 0.15) is 0 Å². The SMILES string of the molecule is Cc1sc(C(=O)NC2CCCC(C)CC2)cc1S(N)(=O)=O. The zero-order valence-corrected chi connectivity index (χ0v) is 14.0. The predicted octanol–water partition coefficient (Wildman–Crippen LogP) is 2.40. The van der Waals surface area contributed by atoms with Crippen molar-refractivity contribution in [3.05, 3.63) is 15.8 Å². The Balaban J connectivity index is 2.07. The first-order valence-electron chi connectivity index (χ1n) is 7.21. The van der Waals surface area contributed by atoms with E-state index in [-0.39, 0.29) is 16.8 Å². The number of hydrogen-bond acceptors (Lipinski definition) is 4. The highest BCUT2D eigenvalue weighted by Crippen LogP contribution is 2.26. The van der Waals surface area contributed by atoms with E-state index in [1.54, 1.807) is 6.92 Å². The smallest absolute Gasteiger partial charge is 0.261 e. The van der Waals surface area contributed by atoms with E-state index in [2.05, 4.69) is 12.2 Å². The summed E-state index contributed by atoms with van der Waals surface area (Å²) in [6, 6.07) is 1.56. The summed E-state index contributed by atoms with van der Waals surface area (Å²) in [5.74, 6) is 0.516. The van der Waals surface area contributed by atoms with Gasteiger partial charge in [0, 0.05) is 10.9 Å². The Labute approximate surface area is 130 Å². The number of nitrogens with two attached hydrogens (primary N) is 1. The Hall–Kier alpha value is -0.920. The molecule has 3 N–H and O–H groups in total. The van der Waals surface area contributed by atoms with Gasteiger partial charge in [0.05, 0.1) is 9.77 Å². The molecule has 1 aliphatic rings. The van der Waals surface area contributed by atoms with E-state index in [0.29, 0.717) is 15.7 Å². The zero-order chi connectivity index (χ0) is 15.6. The molecule has 0 spiro atoms. The highest BCUT2D eigenvalue weighted by molar-refractivity contribution is 7.89. The van der Waals surface area contributed by atoms with Gasteiger partial charge in [-0.15, -0.1) is 11.3 Å². The molecule has 1 heterocycles. The molecule has 1 aromatic heterocycles. The first-order valence-corrected chi connectivity index (χ1v) is 9.57. The molecule has 2 atom stereocenters. The Bertz CT molecular complexity index is 622. The lowest BCUT2D eigenvalue weighted by molar-refractivity contribution is 0.0937. The molecule has 118 valence electrons. The fourth-order valence-electron chi connectivity index (χ4n) is 2.75. The third-order valence-electron chi connectivity index (χ3n) is 4.00. The minimum Gasteiger partial charge on any atom is -0.349 e. The molecule has 1 amide bonds. The van der Waals surface area contributed by atoms with Crippen LogP contribution >= 0.6 is 11.3 Å². The molecule has 1 saturated carbocycles. The molecular weight excluding hydrogens is 308 g/mol. The van der Waals surface area contributed by atoms with E-state index < -0.39 is 10.0 Å². The predicted molar refractivity (Wildman–Crippen MR) is 83.9 cm³/mol. The van der Waals surface area contributed by atoms with Crippen molar-refractivity contribution in [3.63, 3.8) is 0 Å². The Kier molecular flexibility index (Phi) is 5.06.